The van der Waals surface area contributed by atoms with Crippen LogP contribution in [0, 0.1) is 10.1 Å². The van der Waals surface area contributed by atoms with Gasteiger partial charge in [0, 0.05) is 0 Å². The molecule has 1 aromatic rings. The van der Waals surface area contributed by atoms with Gasteiger partial charge in [0.15, 0.2) is 0 Å². The molecule has 0 N–H and O–H groups in total. The molecular formula is C11H12INO2. The summed E-state index contributed by atoms with van der Waals surface area (Å²) in [5.74, 6) is 0.483. The zero-order chi connectivity index (χ0) is 11.4. The summed E-state index contributed by atoms with van der Waals surface area (Å²) in [5.41, 5.74) is 2.13. The standard InChI is InChI=1S/C11H12INO2/c1-8(2)9-3-5-10(6-4-9)11(12)7-13(14)15/h3-8H,1-2H3/b11-7-. The van der Waals surface area contributed by atoms with Gasteiger partial charge in [-0.2, -0.15) is 0 Å². The number of hydrogen-bond donors (Lipinski definition) is 0. The molecule has 0 fully saturated rings. The van der Waals surface area contributed by atoms with E-state index in [1.54, 1.807) is 0 Å². The lowest BCUT2D eigenvalue weighted by Crippen LogP contribution is -1.89. The molecule has 0 amide bonds. The summed E-state index contributed by atoms with van der Waals surface area (Å²) in [6, 6.07) is 7.84. The Bertz CT molecular complexity index is 382. The van der Waals surface area contributed by atoms with Gasteiger partial charge in [-0.05, 0) is 39.6 Å². The Kier molecular flexibility index (Phi) is 4.26. The van der Waals surface area contributed by atoms with Crippen molar-refractivity contribution in [3.05, 3.63) is 51.7 Å². The predicted octanol–water partition coefficient (Wildman–Crippen LogP) is 3.82. The third-order valence-electron chi connectivity index (χ3n) is 2.07. The first-order chi connectivity index (χ1) is 7.00. The van der Waals surface area contributed by atoms with E-state index in [4.69, 9.17) is 0 Å². The van der Waals surface area contributed by atoms with Crippen LogP contribution in [-0.4, -0.2) is 4.92 Å². The van der Waals surface area contributed by atoms with Gasteiger partial charge >= 0.3 is 0 Å². The fourth-order valence-corrected chi connectivity index (χ4v) is 1.78. The van der Waals surface area contributed by atoms with Gasteiger partial charge in [0.1, 0.15) is 0 Å². The predicted molar refractivity (Wildman–Crippen MR) is 69.5 cm³/mol. The molecule has 0 heterocycles. The van der Waals surface area contributed by atoms with E-state index in [9.17, 15) is 10.1 Å². The smallest absolute Gasteiger partial charge is 0.248 e. The molecule has 80 valence electrons. The van der Waals surface area contributed by atoms with Gasteiger partial charge in [0.2, 0.25) is 6.20 Å². The van der Waals surface area contributed by atoms with Crippen LogP contribution in [0.5, 0.6) is 0 Å². The molecule has 15 heavy (non-hydrogen) atoms. The first kappa shape index (κ1) is 12.2. The minimum atomic E-state index is -0.432. The topological polar surface area (TPSA) is 43.1 Å². The lowest BCUT2D eigenvalue weighted by molar-refractivity contribution is -0.401. The van der Waals surface area contributed by atoms with E-state index in [-0.39, 0.29) is 0 Å². The first-order valence-electron chi connectivity index (χ1n) is 4.62. The van der Waals surface area contributed by atoms with E-state index < -0.39 is 4.92 Å². The molecule has 0 bridgehead atoms. The van der Waals surface area contributed by atoms with E-state index in [1.807, 2.05) is 46.9 Å². The minimum absolute atomic E-state index is 0.432. The fourth-order valence-electron chi connectivity index (χ4n) is 1.19. The summed E-state index contributed by atoms with van der Waals surface area (Å²) in [4.78, 5) is 9.85. The molecule has 0 unspecified atom stereocenters. The third-order valence-corrected chi connectivity index (χ3v) is 2.97. The molecule has 0 aromatic heterocycles. The van der Waals surface area contributed by atoms with Gasteiger partial charge in [-0.15, -0.1) is 0 Å². The monoisotopic (exact) mass is 317 g/mol. The molecule has 0 saturated heterocycles. The molecule has 0 radical (unpaired) electrons. The fraction of sp³-hybridized carbons (Fsp3) is 0.273. The van der Waals surface area contributed by atoms with Crippen molar-refractivity contribution < 1.29 is 4.92 Å². The van der Waals surface area contributed by atoms with Gasteiger partial charge in [-0.25, -0.2) is 0 Å². The van der Waals surface area contributed by atoms with Crippen LogP contribution in [0.4, 0.5) is 0 Å². The molecule has 0 spiro atoms. The average molecular weight is 317 g/mol. The minimum Gasteiger partial charge on any atom is -0.259 e. The molecule has 0 atom stereocenters. The highest BCUT2D eigenvalue weighted by Gasteiger charge is 2.03. The summed E-state index contributed by atoms with van der Waals surface area (Å²) in [6.45, 7) is 4.24. The summed E-state index contributed by atoms with van der Waals surface area (Å²) < 4.78 is 0.646. The Balaban J connectivity index is 2.94. The Morgan fingerprint density at radius 1 is 1.40 bits per heavy atom. The van der Waals surface area contributed by atoms with E-state index >= 15 is 0 Å². The number of nitro groups is 1. The zero-order valence-corrected chi connectivity index (χ0v) is 10.8. The van der Waals surface area contributed by atoms with Crippen LogP contribution in [0.15, 0.2) is 30.5 Å². The second kappa shape index (κ2) is 5.25. The van der Waals surface area contributed by atoms with Crippen LogP contribution >= 0.6 is 22.6 Å². The number of nitrogens with zero attached hydrogens (tertiary/aromatic N) is 1. The maximum atomic E-state index is 10.3. The maximum absolute atomic E-state index is 10.3. The summed E-state index contributed by atoms with van der Waals surface area (Å²) in [5, 5.41) is 10.3. The quantitative estimate of drug-likeness (QED) is 0.483. The van der Waals surface area contributed by atoms with Crippen molar-refractivity contribution in [1.82, 2.24) is 0 Å². The summed E-state index contributed by atoms with van der Waals surface area (Å²) >= 11 is 1.97. The number of hydrogen-bond acceptors (Lipinski definition) is 2. The van der Waals surface area contributed by atoms with Crippen molar-refractivity contribution in [1.29, 1.82) is 0 Å². The number of halogens is 1. The summed E-state index contributed by atoms with van der Waals surface area (Å²) in [6.07, 6.45) is 1.02. The molecule has 1 rings (SSSR count). The van der Waals surface area contributed by atoms with Crippen LogP contribution in [0.25, 0.3) is 3.58 Å². The van der Waals surface area contributed by atoms with Gasteiger partial charge in [0.05, 0.1) is 8.50 Å². The van der Waals surface area contributed by atoms with Crippen molar-refractivity contribution in [2.45, 2.75) is 19.8 Å². The highest BCUT2D eigenvalue weighted by atomic mass is 127. The summed E-state index contributed by atoms with van der Waals surface area (Å²) in [7, 11) is 0. The van der Waals surface area contributed by atoms with Crippen LogP contribution in [0.2, 0.25) is 0 Å². The Morgan fingerprint density at radius 2 is 1.93 bits per heavy atom. The third kappa shape index (κ3) is 3.62. The van der Waals surface area contributed by atoms with Gasteiger partial charge in [0.25, 0.3) is 0 Å². The SMILES string of the molecule is CC(C)c1ccc(/C(I)=C/[N+](=O)[O-])cc1. The Hall–Kier alpha value is -0.910. The number of benzene rings is 1. The normalized spacial score (nSPS) is 11.9. The van der Waals surface area contributed by atoms with E-state index in [2.05, 4.69) is 13.8 Å². The lowest BCUT2D eigenvalue weighted by atomic mass is 10.0. The van der Waals surface area contributed by atoms with Gasteiger partial charge in [-0.3, -0.25) is 10.1 Å². The Morgan fingerprint density at radius 3 is 2.33 bits per heavy atom. The largest absolute Gasteiger partial charge is 0.259 e. The van der Waals surface area contributed by atoms with Crippen molar-refractivity contribution >= 4 is 26.2 Å². The average Bonchev–Trinajstić information content (AvgIpc) is 2.17. The molecule has 3 nitrogen and oxygen atoms in total. The molecule has 0 aliphatic rings. The van der Waals surface area contributed by atoms with Gasteiger partial charge < -0.3 is 0 Å². The molecule has 1 aromatic carbocycles. The van der Waals surface area contributed by atoms with Crippen LogP contribution in [0.1, 0.15) is 30.9 Å². The van der Waals surface area contributed by atoms with Crippen LogP contribution in [0.3, 0.4) is 0 Å². The highest BCUT2D eigenvalue weighted by Crippen LogP contribution is 2.23. The molecular weight excluding hydrogens is 305 g/mol. The van der Waals surface area contributed by atoms with Crippen molar-refractivity contribution in [3.63, 3.8) is 0 Å². The molecule has 4 heteroatoms. The van der Waals surface area contributed by atoms with Crippen molar-refractivity contribution in [3.8, 4) is 0 Å². The Labute approximate surface area is 102 Å². The highest BCUT2D eigenvalue weighted by molar-refractivity contribution is 14.1. The van der Waals surface area contributed by atoms with Crippen molar-refractivity contribution in [2.24, 2.45) is 0 Å². The molecule has 0 aliphatic carbocycles. The molecule has 0 aliphatic heterocycles. The second-order valence-corrected chi connectivity index (χ2v) is 4.70. The molecule has 0 saturated carbocycles. The van der Waals surface area contributed by atoms with E-state index in [0.29, 0.717) is 9.50 Å². The van der Waals surface area contributed by atoms with E-state index in [1.165, 1.54) is 5.56 Å². The lowest BCUT2D eigenvalue weighted by Gasteiger charge is -2.05. The van der Waals surface area contributed by atoms with Crippen LogP contribution < -0.4 is 0 Å². The zero-order valence-electron chi connectivity index (χ0n) is 8.61. The second-order valence-electron chi connectivity index (χ2n) is 3.54. The van der Waals surface area contributed by atoms with Crippen LogP contribution in [-0.2, 0) is 0 Å². The number of rotatable bonds is 3. The maximum Gasteiger partial charge on any atom is 0.248 e. The van der Waals surface area contributed by atoms with Gasteiger partial charge in [-0.1, -0.05) is 38.1 Å². The van der Waals surface area contributed by atoms with Crippen molar-refractivity contribution in [2.75, 3.05) is 0 Å². The van der Waals surface area contributed by atoms with E-state index in [0.717, 1.165) is 11.8 Å². The first-order valence-corrected chi connectivity index (χ1v) is 5.69.